The Labute approximate surface area is 73.9 Å². The minimum Gasteiger partial charge on any atom is -0.0807 e. The summed E-state index contributed by atoms with van der Waals surface area (Å²) < 4.78 is 0. The molecule has 2 rings (SSSR count). The molecule has 1 aromatic carbocycles. The molecule has 0 saturated carbocycles. The molecule has 0 heteroatoms. The van der Waals surface area contributed by atoms with Crippen LogP contribution in [0.4, 0.5) is 0 Å². The summed E-state index contributed by atoms with van der Waals surface area (Å²) in [7, 11) is 0. The second-order valence-corrected chi connectivity index (χ2v) is 3.59. The minimum atomic E-state index is 0.595. The highest BCUT2D eigenvalue weighted by Crippen LogP contribution is 2.32. The molecule has 0 radical (unpaired) electrons. The molecule has 0 N–H and O–H groups in total. The van der Waals surface area contributed by atoms with Crippen LogP contribution < -0.4 is 0 Å². The molecule has 0 spiro atoms. The monoisotopic (exact) mass is 158 g/mol. The van der Waals surface area contributed by atoms with E-state index in [1.54, 1.807) is 0 Å². The summed E-state index contributed by atoms with van der Waals surface area (Å²) in [6, 6.07) is 8.72. The third-order valence-corrected chi connectivity index (χ3v) is 2.67. The summed E-state index contributed by atoms with van der Waals surface area (Å²) in [5.74, 6) is 1.19. The van der Waals surface area contributed by atoms with Crippen LogP contribution in [-0.4, -0.2) is 0 Å². The largest absolute Gasteiger partial charge is 0.0807 e. The lowest BCUT2D eigenvalue weighted by atomic mass is 9.84. The lowest BCUT2D eigenvalue weighted by Crippen LogP contribution is -2.04. The molecule has 0 fully saturated rings. The van der Waals surface area contributed by atoms with Gasteiger partial charge < -0.3 is 0 Å². The smallest absolute Gasteiger partial charge is 0.000727 e. The number of rotatable bonds is 0. The third kappa shape index (κ3) is 1.08. The molecular weight excluding hydrogens is 144 g/mol. The Balaban J connectivity index is 2.54. The van der Waals surface area contributed by atoms with Crippen LogP contribution in [0.25, 0.3) is 0 Å². The van der Waals surface area contributed by atoms with Gasteiger partial charge in [-0.2, -0.15) is 0 Å². The van der Waals surface area contributed by atoms with Gasteiger partial charge in [-0.05, 0) is 23.0 Å². The zero-order valence-corrected chi connectivity index (χ0v) is 7.62. The third-order valence-electron chi connectivity index (χ3n) is 2.67. The van der Waals surface area contributed by atoms with Gasteiger partial charge in [0.15, 0.2) is 0 Å². The summed E-state index contributed by atoms with van der Waals surface area (Å²) in [4.78, 5) is 0. The standard InChI is InChI=1S/C12H14/c1-9-7-8-10(2)12-6-4-3-5-11(9)12/h3-10H,1-2H3/t9-,10-/m1/s1. The highest BCUT2D eigenvalue weighted by atomic mass is 14.2. The topological polar surface area (TPSA) is 0 Å². The van der Waals surface area contributed by atoms with Crippen LogP contribution >= 0.6 is 0 Å². The van der Waals surface area contributed by atoms with Crippen LogP contribution in [0.5, 0.6) is 0 Å². The highest BCUT2D eigenvalue weighted by Gasteiger charge is 2.15. The molecule has 0 aromatic heterocycles. The molecule has 0 aliphatic heterocycles. The summed E-state index contributed by atoms with van der Waals surface area (Å²) in [6.45, 7) is 4.50. The van der Waals surface area contributed by atoms with Gasteiger partial charge in [-0.1, -0.05) is 50.3 Å². The van der Waals surface area contributed by atoms with E-state index in [0.29, 0.717) is 11.8 Å². The van der Waals surface area contributed by atoms with Crippen molar-refractivity contribution in [2.75, 3.05) is 0 Å². The lowest BCUT2D eigenvalue weighted by Gasteiger charge is -2.21. The van der Waals surface area contributed by atoms with Crippen molar-refractivity contribution in [2.45, 2.75) is 25.7 Å². The quantitative estimate of drug-likeness (QED) is 0.507. The number of fused-ring (bicyclic) bond motifs is 1. The van der Waals surface area contributed by atoms with Crippen molar-refractivity contribution in [2.24, 2.45) is 0 Å². The lowest BCUT2D eigenvalue weighted by molar-refractivity contribution is 0.832. The Hall–Kier alpha value is -1.04. The van der Waals surface area contributed by atoms with Gasteiger partial charge >= 0.3 is 0 Å². The van der Waals surface area contributed by atoms with Crippen LogP contribution in [-0.2, 0) is 0 Å². The van der Waals surface area contributed by atoms with E-state index in [-0.39, 0.29) is 0 Å². The van der Waals surface area contributed by atoms with Crippen LogP contribution in [0.3, 0.4) is 0 Å². The van der Waals surface area contributed by atoms with Crippen molar-refractivity contribution in [1.29, 1.82) is 0 Å². The first-order chi connectivity index (χ1) is 5.79. The second kappa shape index (κ2) is 2.78. The Kier molecular flexibility index (Phi) is 1.76. The fraction of sp³-hybridized carbons (Fsp3) is 0.333. The fourth-order valence-corrected chi connectivity index (χ4v) is 1.88. The number of hydrogen-bond donors (Lipinski definition) is 0. The van der Waals surface area contributed by atoms with Crippen molar-refractivity contribution >= 4 is 0 Å². The Bertz CT molecular complexity index is 279. The molecule has 1 aliphatic carbocycles. The van der Waals surface area contributed by atoms with Gasteiger partial charge in [-0.3, -0.25) is 0 Å². The van der Waals surface area contributed by atoms with E-state index in [1.807, 2.05) is 0 Å². The van der Waals surface area contributed by atoms with E-state index >= 15 is 0 Å². The second-order valence-electron chi connectivity index (χ2n) is 3.59. The van der Waals surface area contributed by atoms with E-state index in [0.717, 1.165) is 0 Å². The van der Waals surface area contributed by atoms with Gasteiger partial charge in [0.1, 0.15) is 0 Å². The molecule has 12 heavy (non-hydrogen) atoms. The summed E-state index contributed by atoms with van der Waals surface area (Å²) >= 11 is 0. The maximum atomic E-state index is 2.30. The molecule has 0 amide bonds. The van der Waals surface area contributed by atoms with Crippen molar-refractivity contribution in [1.82, 2.24) is 0 Å². The van der Waals surface area contributed by atoms with Crippen LogP contribution in [0.2, 0.25) is 0 Å². The number of benzene rings is 1. The predicted octanol–water partition coefficient (Wildman–Crippen LogP) is 3.46. The van der Waals surface area contributed by atoms with Crippen molar-refractivity contribution in [3.8, 4) is 0 Å². The van der Waals surface area contributed by atoms with Gasteiger partial charge in [0, 0.05) is 0 Å². The summed E-state index contributed by atoms with van der Waals surface area (Å²) in [5, 5.41) is 0. The maximum Gasteiger partial charge on any atom is -0.000727 e. The first kappa shape index (κ1) is 7.60. The van der Waals surface area contributed by atoms with Gasteiger partial charge in [-0.15, -0.1) is 0 Å². The van der Waals surface area contributed by atoms with Gasteiger partial charge in [0.2, 0.25) is 0 Å². The van der Waals surface area contributed by atoms with Crippen LogP contribution in [0.1, 0.15) is 36.8 Å². The fourth-order valence-electron chi connectivity index (χ4n) is 1.88. The minimum absolute atomic E-state index is 0.595. The number of allylic oxidation sites excluding steroid dienone is 2. The van der Waals surface area contributed by atoms with Gasteiger partial charge in [0.05, 0.1) is 0 Å². The van der Waals surface area contributed by atoms with Gasteiger partial charge in [-0.25, -0.2) is 0 Å². The highest BCUT2D eigenvalue weighted by molar-refractivity contribution is 5.40. The molecule has 0 bridgehead atoms. The molecule has 0 heterocycles. The van der Waals surface area contributed by atoms with E-state index in [4.69, 9.17) is 0 Å². The average molecular weight is 158 g/mol. The van der Waals surface area contributed by atoms with Crippen molar-refractivity contribution in [3.63, 3.8) is 0 Å². The molecule has 0 unspecified atom stereocenters. The maximum absolute atomic E-state index is 2.30. The summed E-state index contributed by atoms with van der Waals surface area (Å²) in [5.41, 5.74) is 2.99. The first-order valence-corrected chi connectivity index (χ1v) is 4.56. The van der Waals surface area contributed by atoms with Crippen molar-refractivity contribution < 1.29 is 0 Å². The van der Waals surface area contributed by atoms with Gasteiger partial charge in [0.25, 0.3) is 0 Å². The Morgan fingerprint density at radius 2 is 1.25 bits per heavy atom. The molecule has 1 aromatic rings. The molecular formula is C12H14. The average Bonchev–Trinajstić information content (AvgIpc) is 2.12. The molecule has 0 nitrogen and oxygen atoms in total. The van der Waals surface area contributed by atoms with Crippen molar-refractivity contribution in [3.05, 3.63) is 47.5 Å². The number of hydrogen-bond acceptors (Lipinski definition) is 0. The van der Waals surface area contributed by atoms with E-state index in [2.05, 4.69) is 50.3 Å². The van der Waals surface area contributed by atoms with E-state index in [1.165, 1.54) is 11.1 Å². The van der Waals surface area contributed by atoms with Crippen LogP contribution in [0.15, 0.2) is 36.4 Å². The zero-order chi connectivity index (χ0) is 8.55. The Morgan fingerprint density at radius 1 is 0.833 bits per heavy atom. The molecule has 0 saturated heterocycles. The first-order valence-electron chi connectivity index (χ1n) is 4.56. The SMILES string of the molecule is C[C@@H]1C=C[C@@H](C)c2ccccc21. The molecule has 62 valence electrons. The molecule has 2 atom stereocenters. The van der Waals surface area contributed by atoms with E-state index < -0.39 is 0 Å². The normalized spacial score (nSPS) is 26.8. The van der Waals surface area contributed by atoms with E-state index in [9.17, 15) is 0 Å². The zero-order valence-electron chi connectivity index (χ0n) is 7.62. The Morgan fingerprint density at radius 3 is 1.67 bits per heavy atom. The van der Waals surface area contributed by atoms with Crippen LogP contribution in [0, 0.1) is 0 Å². The summed E-state index contributed by atoms with van der Waals surface area (Å²) in [6.07, 6.45) is 4.60. The molecule has 1 aliphatic rings. The predicted molar refractivity (Wildman–Crippen MR) is 52.4 cm³/mol.